The summed E-state index contributed by atoms with van der Waals surface area (Å²) in [6, 6.07) is 11.0. The number of hydrogen-bond acceptors (Lipinski definition) is 5. The Bertz CT molecular complexity index is 705. The Hall–Kier alpha value is -1.86. The molecule has 0 N–H and O–H groups in total. The van der Waals surface area contributed by atoms with Crippen LogP contribution in [-0.4, -0.2) is 68.9 Å². The van der Waals surface area contributed by atoms with Gasteiger partial charge in [-0.15, -0.1) is 10.2 Å². The van der Waals surface area contributed by atoms with Crippen molar-refractivity contribution in [3.05, 3.63) is 42.2 Å². The van der Waals surface area contributed by atoms with Crippen LogP contribution in [0.25, 0.3) is 0 Å². The van der Waals surface area contributed by atoms with Gasteiger partial charge in [-0.3, -0.25) is 4.79 Å². The van der Waals surface area contributed by atoms with E-state index in [0.29, 0.717) is 11.8 Å². The van der Waals surface area contributed by atoms with Gasteiger partial charge in [-0.25, -0.2) is 0 Å². The molecule has 0 aliphatic carbocycles. The smallest absolute Gasteiger partial charge is 0.233 e. The van der Waals surface area contributed by atoms with E-state index in [2.05, 4.69) is 52.5 Å². The van der Waals surface area contributed by atoms with Crippen LogP contribution in [0.2, 0.25) is 0 Å². The highest BCUT2D eigenvalue weighted by atomic mass is 32.2. The Morgan fingerprint density at radius 3 is 2.88 bits per heavy atom. The third kappa shape index (κ3) is 5.08. The second kappa shape index (κ2) is 9.19. The molecular formula is C19H27N5OS. The first-order valence-corrected chi connectivity index (χ1v) is 10.1. The van der Waals surface area contributed by atoms with E-state index in [-0.39, 0.29) is 5.91 Å². The van der Waals surface area contributed by atoms with Crippen LogP contribution in [0, 0.1) is 0 Å². The van der Waals surface area contributed by atoms with Crippen molar-refractivity contribution in [2.24, 2.45) is 7.05 Å². The molecule has 26 heavy (non-hydrogen) atoms. The maximum Gasteiger partial charge on any atom is 0.233 e. The van der Waals surface area contributed by atoms with Gasteiger partial charge in [0.1, 0.15) is 6.33 Å². The molecule has 1 aliphatic rings. The number of rotatable bonds is 7. The maximum absolute atomic E-state index is 12.6. The lowest BCUT2D eigenvalue weighted by molar-refractivity contribution is -0.130. The number of benzene rings is 1. The highest BCUT2D eigenvalue weighted by Gasteiger charge is 2.26. The summed E-state index contributed by atoms with van der Waals surface area (Å²) in [6.45, 7) is 2.70. The molecule has 7 heteroatoms. The number of carbonyl (C=O) groups excluding carboxylic acids is 1. The van der Waals surface area contributed by atoms with Gasteiger partial charge in [-0.2, -0.15) is 0 Å². The molecule has 1 aliphatic heterocycles. The first-order chi connectivity index (χ1) is 12.6. The fourth-order valence-electron chi connectivity index (χ4n) is 3.29. The highest BCUT2D eigenvalue weighted by molar-refractivity contribution is 7.99. The highest BCUT2D eigenvalue weighted by Crippen LogP contribution is 2.19. The van der Waals surface area contributed by atoms with Gasteiger partial charge in [0, 0.05) is 32.7 Å². The van der Waals surface area contributed by atoms with Gasteiger partial charge < -0.3 is 14.4 Å². The molecule has 140 valence electrons. The summed E-state index contributed by atoms with van der Waals surface area (Å²) in [5.74, 6) is 0.617. The Morgan fingerprint density at radius 1 is 1.35 bits per heavy atom. The number of carbonyl (C=O) groups is 1. The van der Waals surface area contributed by atoms with E-state index in [1.54, 1.807) is 6.33 Å². The van der Waals surface area contributed by atoms with Crippen LogP contribution in [-0.2, 0) is 18.3 Å². The molecule has 1 aromatic carbocycles. The summed E-state index contributed by atoms with van der Waals surface area (Å²) in [4.78, 5) is 17.0. The first-order valence-electron chi connectivity index (χ1n) is 9.12. The third-order valence-electron chi connectivity index (χ3n) is 4.96. The number of hydrogen-bond donors (Lipinski definition) is 0. The quantitative estimate of drug-likeness (QED) is 0.696. The number of likely N-dealkylation sites (N-methyl/N-ethyl adjacent to an activating group) is 1. The third-order valence-corrected chi connectivity index (χ3v) is 5.98. The normalized spacial score (nSPS) is 17.7. The molecule has 2 aromatic rings. The van der Waals surface area contributed by atoms with E-state index in [0.717, 1.165) is 44.1 Å². The van der Waals surface area contributed by atoms with Crippen molar-refractivity contribution in [3.63, 3.8) is 0 Å². The average molecular weight is 374 g/mol. The molecule has 0 saturated carbocycles. The second-order valence-corrected chi connectivity index (χ2v) is 7.81. The number of piperidine rings is 1. The average Bonchev–Trinajstić information content (AvgIpc) is 3.10. The predicted octanol–water partition coefficient (Wildman–Crippen LogP) is 2.07. The van der Waals surface area contributed by atoms with Crippen LogP contribution in [0.5, 0.6) is 0 Å². The molecule has 2 heterocycles. The Labute approximate surface area is 159 Å². The zero-order valence-electron chi connectivity index (χ0n) is 15.5. The number of likely N-dealkylation sites (tertiary alicyclic amines) is 1. The SMILES string of the molecule is CN(CCc1ccccc1)[C@H]1CCCN(C(=O)CSc2nncn2C)C1. The molecule has 0 spiro atoms. The Morgan fingerprint density at radius 2 is 2.15 bits per heavy atom. The monoisotopic (exact) mass is 373 g/mol. The van der Waals surface area contributed by atoms with Crippen molar-refractivity contribution in [1.82, 2.24) is 24.6 Å². The van der Waals surface area contributed by atoms with E-state index < -0.39 is 0 Å². The van der Waals surface area contributed by atoms with Gasteiger partial charge in [0.15, 0.2) is 5.16 Å². The molecule has 1 amide bonds. The molecule has 3 rings (SSSR count). The van der Waals surface area contributed by atoms with E-state index in [9.17, 15) is 4.79 Å². The van der Waals surface area contributed by atoms with Crippen LogP contribution in [0.3, 0.4) is 0 Å². The van der Waals surface area contributed by atoms with Crippen molar-refractivity contribution in [2.75, 3.05) is 32.4 Å². The molecule has 1 aromatic heterocycles. The zero-order chi connectivity index (χ0) is 18.4. The van der Waals surface area contributed by atoms with E-state index in [1.165, 1.54) is 17.3 Å². The molecule has 1 fully saturated rings. The van der Waals surface area contributed by atoms with Gasteiger partial charge in [0.05, 0.1) is 5.75 Å². The zero-order valence-corrected chi connectivity index (χ0v) is 16.4. The second-order valence-electron chi connectivity index (χ2n) is 6.87. The molecule has 0 unspecified atom stereocenters. The number of aromatic nitrogens is 3. The van der Waals surface area contributed by atoms with Crippen LogP contribution in [0.4, 0.5) is 0 Å². The summed E-state index contributed by atoms with van der Waals surface area (Å²) in [7, 11) is 4.07. The van der Waals surface area contributed by atoms with Crippen LogP contribution >= 0.6 is 11.8 Å². The molecular weight excluding hydrogens is 346 g/mol. The summed E-state index contributed by atoms with van der Waals surface area (Å²) in [5.41, 5.74) is 1.36. The van der Waals surface area contributed by atoms with Gasteiger partial charge in [-0.05, 0) is 31.9 Å². The summed E-state index contributed by atoms with van der Waals surface area (Å²) < 4.78 is 1.84. The lowest BCUT2D eigenvalue weighted by atomic mass is 10.0. The van der Waals surface area contributed by atoms with Crippen molar-refractivity contribution >= 4 is 17.7 Å². The Kier molecular flexibility index (Phi) is 6.68. The van der Waals surface area contributed by atoms with Gasteiger partial charge in [0.2, 0.25) is 5.91 Å². The summed E-state index contributed by atoms with van der Waals surface area (Å²) in [6.07, 6.45) is 4.93. The number of nitrogens with zero attached hydrogens (tertiary/aromatic N) is 5. The molecule has 1 saturated heterocycles. The number of aryl methyl sites for hydroxylation is 1. The van der Waals surface area contributed by atoms with Crippen LogP contribution in [0.1, 0.15) is 18.4 Å². The number of amides is 1. The summed E-state index contributed by atoms with van der Waals surface area (Å²) in [5, 5.41) is 8.66. The van der Waals surface area contributed by atoms with Crippen molar-refractivity contribution < 1.29 is 4.79 Å². The van der Waals surface area contributed by atoms with Crippen molar-refractivity contribution in [3.8, 4) is 0 Å². The fraction of sp³-hybridized carbons (Fsp3) is 0.526. The molecule has 0 bridgehead atoms. The molecule has 6 nitrogen and oxygen atoms in total. The lowest BCUT2D eigenvalue weighted by Crippen LogP contribution is -2.49. The standard InChI is InChI=1S/C19H27N5OS/c1-22(12-10-16-7-4-3-5-8-16)17-9-6-11-24(13-17)18(25)14-26-19-21-20-15-23(19)2/h3-5,7-8,15,17H,6,9-14H2,1-2H3/t17-/m0/s1. The van der Waals surface area contributed by atoms with Crippen LogP contribution in [0.15, 0.2) is 41.8 Å². The van der Waals surface area contributed by atoms with E-state index in [1.807, 2.05) is 16.5 Å². The largest absolute Gasteiger partial charge is 0.340 e. The fourth-order valence-corrected chi connectivity index (χ4v) is 4.09. The Balaban J connectivity index is 1.46. The predicted molar refractivity (Wildman–Crippen MR) is 104 cm³/mol. The van der Waals surface area contributed by atoms with Gasteiger partial charge in [-0.1, -0.05) is 42.1 Å². The molecule has 1 atom stereocenters. The maximum atomic E-state index is 12.6. The van der Waals surface area contributed by atoms with Crippen molar-refractivity contribution in [2.45, 2.75) is 30.5 Å². The minimum Gasteiger partial charge on any atom is -0.340 e. The van der Waals surface area contributed by atoms with E-state index >= 15 is 0 Å². The van der Waals surface area contributed by atoms with E-state index in [4.69, 9.17) is 0 Å². The minimum atomic E-state index is 0.194. The topological polar surface area (TPSA) is 54.3 Å². The van der Waals surface area contributed by atoms with Gasteiger partial charge in [0.25, 0.3) is 0 Å². The van der Waals surface area contributed by atoms with Crippen LogP contribution < -0.4 is 0 Å². The van der Waals surface area contributed by atoms with Gasteiger partial charge >= 0.3 is 0 Å². The molecule has 0 radical (unpaired) electrons. The minimum absolute atomic E-state index is 0.194. The van der Waals surface area contributed by atoms with Crippen molar-refractivity contribution in [1.29, 1.82) is 0 Å². The summed E-state index contributed by atoms with van der Waals surface area (Å²) >= 11 is 1.46. The number of thioether (sulfide) groups is 1. The lowest BCUT2D eigenvalue weighted by Gasteiger charge is -2.37. The first kappa shape index (κ1) is 18.9.